The molecular weight excluding hydrogens is 374 g/mol. The van der Waals surface area contributed by atoms with Crippen molar-refractivity contribution in [3.05, 3.63) is 29.8 Å². The van der Waals surface area contributed by atoms with E-state index in [0.717, 1.165) is 0 Å². The zero-order chi connectivity index (χ0) is 20.5. The lowest BCUT2D eigenvalue weighted by Gasteiger charge is -2.35. The van der Waals surface area contributed by atoms with Gasteiger partial charge in [0, 0.05) is 32.3 Å². The standard InChI is InChI=1S/C19H22F2N2O5/c1-18(2,3)28-17(25)23-10-8-22(9-11-23)16(24)7-5-13-4-6-14-15(12-13)27-19(20,21)26-14/h4-7,12H,8-11H2,1-3H3/b7-5+. The zero-order valence-electron chi connectivity index (χ0n) is 15.9. The number of carbonyl (C=O) groups excluding carboxylic acids is 2. The molecule has 28 heavy (non-hydrogen) atoms. The van der Waals surface area contributed by atoms with Gasteiger partial charge in [0.15, 0.2) is 11.5 Å². The van der Waals surface area contributed by atoms with Gasteiger partial charge in [-0.2, -0.15) is 0 Å². The summed E-state index contributed by atoms with van der Waals surface area (Å²) in [6.45, 7) is 6.93. The second-order valence-electron chi connectivity index (χ2n) is 7.50. The highest BCUT2D eigenvalue weighted by Gasteiger charge is 2.43. The molecule has 0 atom stereocenters. The van der Waals surface area contributed by atoms with Crippen LogP contribution in [0.3, 0.4) is 0 Å². The van der Waals surface area contributed by atoms with E-state index in [2.05, 4.69) is 9.47 Å². The number of fused-ring (bicyclic) bond motifs is 1. The molecule has 0 saturated carbocycles. The fraction of sp³-hybridized carbons (Fsp3) is 0.474. The van der Waals surface area contributed by atoms with Crippen LogP contribution in [0.1, 0.15) is 26.3 Å². The van der Waals surface area contributed by atoms with Crippen LogP contribution in [-0.4, -0.2) is 59.9 Å². The number of hydrogen-bond acceptors (Lipinski definition) is 5. The fourth-order valence-electron chi connectivity index (χ4n) is 2.78. The number of rotatable bonds is 2. The molecule has 2 amide bonds. The Bertz CT molecular complexity index is 796. The van der Waals surface area contributed by atoms with Gasteiger partial charge in [0.1, 0.15) is 5.60 Å². The van der Waals surface area contributed by atoms with E-state index in [9.17, 15) is 18.4 Å². The normalized spacial score (nSPS) is 18.5. The van der Waals surface area contributed by atoms with Gasteiger partial charge in [-0.3, -0.25) is 4.79 Å². The smallest absolute Gasteiger partial charge is 0.444 e. The quantitative estimate of drug-likeness (QED) is 0.719. The van der Waals surface area contributed by atoms with Gasteiger partial charge in [0.25, 0.3) is 0 Å². The Balaban J connectivity index is 1.53. The number of halogens is 2. The number of benzene rings is 1. The molecule has 1 fully saturated rings. The largest absolute Gasteiger partial charge is 0.586 e. The number of amides is 2. The molecule has 2 heterocycles. The van der Waals surface area contributed by atoms with E-state index in [1.807, 2.05) is 0 Å². The molecular formula is C19H22F2N2O5. The first-order valence-electron chi connectivity index (χ1n) is 8.87. The van der Waals surface area contributed by atoms with Gasteiger partial charge in [-0.1, -0.05) is 6.07 Å². The maximum Gasteiger partial charge on any atom is 0.586 e. The zero-order valence-corrected chi connectivity index (χ0v) is 15.9. The first-order valence-corrected chi connectivity index (χ1v) is 8.87. The van der Waals surface area contributed by atoms with Crippen LogP contribution < -0.4 is 9.47 Å². The van der Waals surface area contributed by atoms with Gasteiger partial charge in [0.2, 0.25) is 5.91 Å². The Morgan fingerprint density at radius 3 is 2.32 bits per heavy atom. The summed E-state index contributed by atoms with van der Waals surface area (Å²) < 4.78 is 40.1. The fourth-order valence-corrected chi connectivity index (χ4v) is 2.78. The highest BCUT2D eigenvalue weighted by molar-refractivity contribution is 5.92. The van der Waals surface area contributed by atoms with E-state index in [1.54, 1.807) is 36.6 Å². The van der Waals surface area contributed by atoms with Crippen molar-refractivity contribution in [3.63, 3.8) is 0 Å². The highest BCUT2D eigenvalue weighted by Crippen LogP contribution is 2.41. The minimum Gasteiger partial charge on any atom is -0.444 e. The summed E-state index contributed by atoms with van der Waals surface area (Å²) in [5, 5.41) is 0. The van der Waals surface area contributed by atoms with Crippen LogP contribution in [0.2, 0.25) is 0 Å². The molecule has 2 aliphatic heterocycles. The van der Waals surface area contributed by atoms with Crippen LogP contribution in [0, 0.1) is 0 Å². The van der Waals surface area contributed by atoms with E-state index in [0.29, 0.717) is 31.7 Å². The molecule has 2 aliphatic rings. The van der Waals surface area contributed by atoms with Crippen molar-refractivity contribution in [1.82, 2.24) is 9.80 Å². The Labute approximate surface area is 161 Å². The van der Waals surface area contributed by atoms with Crippen molar-refractivity contribution >= 4 is 18.1 Å². The van der Waals surface area contributed by atoms with Crippen LogP contribution >= 0.6 is 0 Å². The number of nitrogens with zero attached hydrogens (tertiary/aromatic N) is 2. The Hall–Kier alpha value is -2.84. The maximum absolute atomic E-state index is 13.0. The van der Waals surface area contributed by atoms with Gasteiger partial charge in [-0.15, -0.1) is 8.78 Å². The summed E-state index contributed by atoms with van der Waals surface area (Å²) in [4.78, 5) is 27.6. The van der Waals surface area contributed by atoms with Crippen molar-refractivity contribution in [2.24, 2.45) is 0 Å². The van der Waals surface area contributed by atoms with Crippen molar-refractivity contribution in [2.75, 3.05) is 26.2 Å². The van der Waals surface area contributed by atoms with Crippen LogP contribution in [0.5, 0.6) is 11.5 Å². The number of piperazine rings is 1. The van der Waals surface area contributed by atoms with Crippen LogP contribution in [0.25, 0.3) is 6.08 Å². The molecule has 0 aliphatic carbocycles. The van der Waals surface area contributed by atoms with E-state index in [4.69, 9.17) is 4.74 Å². The molecule has 0 unspecified atom stereocenters. The van der Waals surface area contributed by atoms with E-state index in [-0.39, 0.29) is 17.4 Å². The predicted octanol–water partition coefficient (Wildman–Crippen LogP) is 3.10. The summed E-state index contributed by atoms with van der Waals surface area (Å²) in [6.07, 6.45) is -1.19. The molecule has 0 N–H and O–H groups in total. The van der Waals surface area contributed by atoms with Gasteiger partial charge in [-0.25, -0.2) is 4.79 Å². The molecule has 0 bridgehead atoms. The Morgan fingerprint density at radius 2 is 1.68 bits per heavy atom. The van der Waals surface area contributed by atoms with E-state index in [1.165, 1.54) is 24.3 Å². The lowest BCUT2D eigenvalue weighted by Crippen LogP contribution is -2.51. The van der Waals surface area contributed by atoms with Gasteiger partial charge in [-0.05, 0) is 44.5 Å². The summed E-state index contributed by atoms with van der Waals surface area (Å²) in [5.74, 6) is -0.357. The maximum atomic E-state index is 13.0. The summed E-state index contributed by atoms with van der Waals surface area (Å²) in [5.41, 5.74) is -0.0396. The lowest BCUT2D eigenvalue weighted by atomic mass is 10.2. The molecule has 1 aromatic carbocycles. The minimum absolute atomic E-state index is 0.0493. The number of hydrogen-bond donors (Lipinski definition) is 0. The Morgan fingerprint density at radius 1 is 1.07 bits per heavy atom. The van der Waals surface area contributed by atoms with E-state index >= 15 is 0 Å². The third-order valence-corrected chi connectivity index (χ3v) is 4.09. The topological polar surface area (TPSA) is 68.3 Å². The number of alkyl halides is 2. The van der Waals surface area contributed by atoms with Crippen molar-refractivity contribution in [1.29, 1.82) is 0 Å². The number of carbonyl (C=O) groups is 2. The summed E-state index contributed by atoms with van der Waals surface area (Å²) >= 11 is 0. The van der Waals surface area contributed by atoms with Crippen molar-refractivity contribution < 1.29 is 32.6 Å². The summed E-state index contributed by atoms with van der Waals surface area (Å²) in [6, 6.07) is 4.29. The molecule has 0 spiro atoms. The first-order chi connectivity index (χ1) is 13.0. The molecule has 7 nitrogen and oxygen atoms in total. The van der Waals surface area contributed by atoms with Crippen molar-refractivity contribution in [2.45, 2.75) is 32.7 Å². The average Bonchev–Trinajstić information content (AvgIpc) is 2.91. The second kappa shape index (κ2) is 7.29. The lowest BCUT2D eigenvalue weighted by molar-refractivity contribution is -0.286. The molecule has 9 heteroatoms. The molecule has 152 valence electrons. The monoisotopic (exact) mass is 396 g/mol. The van der Waals surface area contributed by atoms with Gasteiger partial charge in [0.05, 0.1) is 0 Å². The predicted molar refractivity (Wildman–Crippen MR) is 96.1 cm³/mol. The number of ether oxygens (including phenoxy) is 3. The van der Waals surface area contributed by atoms with Gasteiger partial charge >= 0.3 is 12.4 Å². The van der Waals surface area contributed by atoms with E-state index < -0.39 is 18.0 Å². The van der Waals surface area contributed by atoms with Crippen LogP contribution in [0.4, 0.5) is 13.6 Å². The van der Waals surface area contributed by atoms with Crippen LogP contribution in [0.15, 0.2) is 24.3 Å². The highest BCUT2D eigenvalue weighted by atomic mass is 19.3. The van der Waals surface area contributed by atoms with Crippen LogP contribution in [-0.2, 0) is 9.53 Å². The Kier molecular flexibility index (Phi) is 5.18. The molecule has 1 aromatic rings. The third kappa shape index (κ3) is 4.90. The van der Waals surface area contributed by atoms with Gasteiger partial charge < -0.3 is 24.0 Å². The summed E-state index contributed by atoms with van der Waals surface area (Å²) in [7, 11) is 0. The second-order valence-corrected chi connectivity index (χ2v) is 7.50. The molecule has 0 aromatic heterocycles. The minimum atomic E-state index is -3.67. The third-order valence-electron chi connectivity index (χ3n) is 4.09. The molecule has 3 rings (SSSR count). The first kappa shape index (κ1) is 19.9. The van der Waals surface area contributed by atoms with Crippen molar-refractivity contribution in [3.8, 4) is 11.5 Å². The molecule has 1 saturated heterocycles. The SMILES string of the molecule is CC(C)(C)OC(=O)N1CCN(C(=O)/C=C/c2ccc3c(c2)OC(F)(F)O3)CC1. The molecule has 0 radical (unpaired) electrons. The average molecular weight is 396 g/mol.